The minimum atomic E-state index is 0.422. The zero-order valence-corrected chi connectivity index (χ0v) is 10.8. The molecule has 0 aliphatic heterocycles. The highest BCUT2D eigenvalue weighted by Gasteiger charge is 2.17. The van der Waals surface area contributed by atoms with E-state index in [2.05, 4.69) is 14.5 Å². The second-order valence-corrected chi connectivity index (χ2v) is 4.96. The molecule has 0 radical (unpaired) electrons. The zero-order valence-electron chi connectivity index (χ0n) is 10.1. The van der Waals surface area contributed by atoms with E-state index >= 15 is 0 Å². The third kappa shape index (κ3) is 1.91. The average Bonchev–Trinajstić information content (AvgIpc) is 2.83. The van der Waals surface area contributed by atoms with Crippen LogP contribution in [0.25, 0.3) is 5.82 Å². The molecule has 0 fully saturated rings. The lowest BCUT2D eigenvalue weighted by Crippen LogP contribution is -2.09. The maximum atomic E-state index is 6.03. The monoisotopic (exact) mass is 262 g/mol. The molecule has 94 valence electrons. The van der Waals surface area contributed by atoms with Gasteiger partial charge in [0.15, 0.2) is 0 Å². The molecule has 1 aliphatic carbocycles. The minimum absolute atomic E-state index is 0.422. The molecule has 1 aliphatic rings. The van der Waals surface area contributed by atoms with E-state index in [0.717, 1.165) is 24.2 Å². The Balaban J connectivity index is 2.07. The molecule has 2 aromatic rings. The van der Waals surface area contributed by atoms with E-state index in [4.69, 9.17) is 17.3 Å². The lowest BCUT2D eigenvalue weighted by Gasteiger charge is -2.14. The van der Waals surface area contributed by atoms with Crippen LogP contribution in [0.2, 0.25) is 5.02 Å². The van der Waals surface area contributed by atoms with Gasteiger partial charge in [0, 0.05) is 18.4 Å². The van der Waals surface area contributed by atoms with Gasteiger partial charge in [-0.3, -0.25) is 4.57 Å². The van der Waals surface area contributed by atoms with Crippen molar-refractivity contribution in [1.29, 1.82) is 0 Å². The largest absolute Gasteiger partial charge is 0.326 e. The summed E-state index contributed by atoms with van der Waals surface area (Å²) in [6.07, 6.45) is 8.10. The number of hydrogen-bond donors (Lipinski definition) is 1. The highest BCUT2D eigenvalue weighted by molar-refractivity contribution is 6.31. The van der Waals surface area contributed by atoms with Crippen LogP contribution in [0.5, 0.6) is 0 Å². The third-order valence-electron chi connectivity index (χ3n) is 3.42. The second-order valence-electron chi connectivity index (χ2n) is 4.55. The Kier molecular flexibility index (Phi) is 3.06. The van der Waals surface area contributed by atoms with Gasteiger partial charge in [-0.05, 0) is 37.3 Å². The Morgan fingerprint density at radius 2 is 2.11 bits per heavy atom. The van der Waals surface area contributed by atoms with Gasteiger partial charge < -0.3 is 5.73 Å². The lowest BCUT2D eigenvalue weighted by molar-refractivity contribution is 0.654. The average molecular weight is 263 g/mol. The van der Waals surface area contributed by atoms with E-state index in [1.807, 2.05) is 12.4 Å². The Morgan fingerprint density at radius 1 is 1.28 bits per heavy atom. The van der Waals surface area contributed by atoms with Crippen LogP contribution in [0.4, 0.5) is 0 Å². The molecule has 2 aromatic heterocycles. The minimum Gasteiger partial charge on any atom is -0.326 e. The summed E-state index contributed by atoms with van der Waals surface area (Å²) in [5, 5.41) is 0.621. The summed E-state index contributed by atoms with van der Waals surface area (Å²) >= 11 is 6.03. The summed E-state index contributed by atoms with van der Waals surface area (Å²) in [5.41, 5.74) is 9.07. The Labute approximate surface area is 111 Å². The number of pyridine rings is 1. The first-order chi connectivity index (χ1) is 8.79. The van der Waals surface area contributed by atoms with E-state index in [1.165, 1.54) is 24.2 Å². The van der Waals surface area contributed by atoms with Gasteiger partial charge in [-0.2, -0.15) is 0 Å². The van der Waals surface area contributed by atoms with Crippen LogP contribution in [-0.2, 0) is 19.4 Å². The Bertz CT molecular complexity index is 576. The molecule has 0 amide bonds. The molecule has 3 rings (SSSR count). The standard InChI is InChI=1S/C13H15ClN4/c14-10-7-16-13(5-9(10)6-15)18-8-17-11-3-1-2-4-12(11)18/h5,7-8H,1-4,6,15H2. The van der Waals surface area contributed by atoms with Crippen molar-refractivity contribution >= 4 is 11.6 Å². The number of halogens is 1. The predicted octanol–water partition coefficient (Wildman–Crippen LogP) is 2.26. The van der Waals surface area contributed by atoms with Gasteiger partial charge in [-0.15, -0.1) is 0 Å². The predicted molar refractivity (Wildman–Crippen MR) is 70.9 cm³/mol. The number of rotatable bonds is 2. The van der Waals surface area contributed by atoms with Gasteiger partial charge in [0.05, 0.1) is 10.7 Å². The molecule has 0 saturated heterocycles. The van der Waals surface area contributed by atoms with Crippen molar-refractivity contribution in [2.45, 2.75) is 32.2 Å². The van der Waals surface area contributed by atoms with Crippen molar-refractivity contribution in [3.8, 4) is 5.82 Å². The van der Waals surface area contributed by atoms with Crippen LogP contribution in [0.3, 0.4) is 0 Å². The molecule has 0 unspecified atom stereocenters. The molecule has 0 aromatic carbocycles. The molecule has 18 heavy (non-hydrogen) atoms. The van der Waals surface area contributed by atoms with Gasteiger partial charge in [0.2, 0.25) is 0 Å². The van der Waals surface area contributed by atoms with Crippen molar-refractivity contribution in [1.82, 2.24) is 14.5 Å². The van der Waals surface area contributed by atoms with Crippen LogP contribution < -0.4 is 5.73 Å². The topological polar surface area (TPSA) is 56.7 Å². The number of aryl methyl sites for hydroxylation is 1. The molecule has 5 heteroatoms. The molecule has 0 bridgehead atoms. The number of hydrogen-bond acceptors (Lipinski definition) is 3. The van der Waals surface area contributed by atoms with Gasteiger partial charge in [-0.25, -0.2) is 9.97 Å². The fourth-order valence-electron chi connectivity index (χ4n) is 2.42. The maximum absolute atomic E-state index is 6.03. The molecular weight excluding hydrogens is 248 g/mol. The summed E-state index contributed by atoms with van der Waals surface area (Å²) in [4.78, 5) is 8.84. The summed E-state index contributed by atoms with van der Waals surface area (Å²) in [5.74, 6) is 0.857. The van der Waals surface area contributed by atoms with E-state index in [1.54, 1.807) is 6.20 Å². The molecule has 0 atom stereocenters. The molecule has 2 N–H and O–H groups in total. The fraction of sp³-hybridized carbons (Fsp3) is 0.385. The molecule has 2 heterocycles. The maximum Gasteiger partial charge on any atom is 0.138 e. The lowest BCUT2D eigenvalue weighted by atomic mass is 10.0. The van der Waals surface area contributed by atoms with Gasteiger partial charge >= 0.3 is 0 Å². The van der Waals surface area contributed by atoms with Crippen LogP contribution in [0.15, 0.2) is 18.6 Å². The summed E-state index contributed by atoms with van der Waals surface area (Å²) in [6.45, 7) is 0.422. The summed E-state index contributed by atoms with van der Waals surface area (Å²) in [7, 11) is 0. The smallest absolute Gasteiger partial charge is 0.138 e. The number of aromatic nitrogens is 3. The van der Waals surface area contributed by atoms with Crippen molar-refractivity contribution in [3.05, 3.63) is 40.6 Å². The van der Waals surface area contributed by atoms with Gasteiger partial charge in [0.25, 0.3) is 0 Å². The van der Waals surface area contributed by atoms with E-state index in [0.29, 0.717) is 11.6 Å². The highest BCUT2D eigenvalue weighted by atomic mass is 35.5. The first kappa shape index (κ1) is 11.7. The molecule has 0 spiro atoms. The quantitative estimate of drug-likeness (QED) is 0.903. The van der Waals surface area contributed by atoms with E-state index in [9.17, 15) is 0 Å². The number of fused-ring (bicyclic) bond motifs is 1. The highest BCUT2D eigenvalue weighted by Crippen LogP contribution is 2.24. The first-order valence-electron chi connectivity index (χ1n) is 6.19. The van der Waals surface area contributed by atoms with Crippen LogP contribution in [0.1, 0.15) is 29.8 Å². The molecular formula is C13H15ClN4. The number of nitrogens with zero attached hydrogens (tertiary/aromatic N) is 3. The van der Waals surface area contributed by atoms with Crippen LogP contribution in [-0.4, -0.2) is 14.5 Å². The first-order valence-corrected chi connectivity index (χ1v) is 6.57. The Morgan fingerprint density at radius 3 is 2.94 bits per heavy atom. The summed E-state index contributed by atoms with van der Waals surface area (Å²) < 4.78 is 2.06. The normalized spacial score (nSPS) is 14.6. The van der Waals surface area contributed by atoms with Crippen LogP contribution >= 0.6 is 11.6 Å². The zero-order chi connectivity index (χ0) is 12.5. The SMILES string of the molecule is NCc1cc(-n2cnc3c2CCCC3)ncc1Cl. The Hall–Kier alpha value is -1.39. The van der Waals surface area contributed by atoms with Gasteiger partial charge in [0.1, 0.15) is 12.1 Å². The second kappa shape index (κ2) is 4.71. The number of nitrogens with two attached hydrogens (primary N) is 1. The van der Waals surface area contributed by atoms with Crippen molar-refractivity contribution in [2.75, 3.05) is 0 Å². The van der Waals surface area contributed by atoms with E-state index < -0.39 is 0 Å². The van der Waals surface area contributed by atoms with E-state index in [-0.39, 0.29) is 0 Å². The summed E-state index contributed by atoms with van der Waals surface area (Å²) in [6, 6.07) is 1.94. The fourth-order valence-corrected chi connectivity index (χ4v) is 2.60. The number of imidazole rings is 1. The molecule has 0 saturated carbocycles. The third-order valence-corrected chi connectivity index (χ3v) is 3.76. The van der Waals surface area contributed by atoms with Gasteiger partial charge in [-0.1, -0.05) is 11.6 Å². The van der Waals surface area contributed by atoms with Crippen molar-refractivity contribution in [3.63, 3.8) is 0 Å². The van der Waals surface area contributed by atoms with Crippen molar-refractivity contribution in [2.24, 2.45) is 5.73 Å². The molecule has 4 nitrogen and oxygen atoms in total. The van der Waals surface area contributed by atoms with Crippen molar-refractivity contribution < 1.29 is 0 Å². The van der Waals surface area contributed by atoms with Crippen LogP contribution in [0, 0.1) is 0 Å².